The topological polar surface area (TPSA) is 55.4 Å². The number of para-hydroxylation sites is 1. The summed E-state index contributed by atoms with van der Waals surface area (Å²) in [6.45, 7) is 2.62. The number of carbonyl (C=O) groups excluding carboxylic acids is 2. The molecular formula is C29H29BrClFN2O3. The molecule has 3 fully saturated rings. The highest BCUT2D eigenvalue weighted by Crippen LogP contribution is 2.37. The molecule has 3 aliphatic rings. The van der Waals surface area contributed by atoms with E-state index in [1.165, 1.54) is 18.2 Å². The smallest absolute Gasteiger partial charge is 0.333 e. The monoisotopic (exact) mass is 586 g/mol. The number of anilines is 1. The molecule has 3 aliphatic heterocycles. The molecule has 0 spiro atoms. The number of fused-ring (bicyclic) bond motifs is 3. The minimum absolute atomic E-state index is 0. The number of benzene rings is 3. The molecule has 6 rings (SSSR count). The maximum absolute atomic E-state index is 13.6. The average molecular weight is 588 g/mol. The van der Waals surface area contributed by atoms with Crippen LogP contribution in [-0.4, -0.2) is 48.5 Å². The third-order valence-electron chi connectivity index (χ3n) is 7.48. The van der Waals surface area contributed by atoms with Gasteiger partial charge in [0.1, 0.15) is 18.9 Å². The van der Waals surface area contributed by atoms with Crippen LogP contribution in [0.15, 0.2) is 78.9 Å². The highest BCUT2D eigenvalue weighted by Gasteiger charge is 2.49. The second kappa shape index (κ2) is 11.8. The third-order valence-corrected chi connectivity index (χ3v) is 7.77. The minimum atomic E-state index is -0.638. The Hall–Kier alpha value is -2.74. The van der Waals surface area contributed by atoms with E-state index in [4.69, 9.17) is 16.3 Å². The average Bonchev–Trinajstić information content (AvgIpc) is 2.90. The van der Waals surface area contributed by atoms with Crippen molar-refractivity contribution in [3.8, 4) is 0 Å². The lowest BCUT2D eigenvalue weighted by Crippen LogP contribution is -3.00. The van der Waals surface area contributed by atoms with E-state index in [9.17, 15) is 14.0 Å². The van der Waals surface area contributed by atoms with Gasteiger partial charge < -0.3 is 31.5 Å². The maximum atomic E-state index is 13.6. The number of ketones is 1. The van der Waals surface area contributed by atoms with Crippen molar-refractivity contribution in [1.82, 2.24) is 0 Å². The van der Waals surface area contributed by atoms with E-state index < -0.39 is 11.9 Å². The summed E-state index contributed by atoms with van der Waals surface area (Å²) in [5.41, 5.74) is 2.08. The SMILES string of the molecule is O=C(C[N+]12CCC(CC1)[C@@H](OC(=O)[C@H](Nc1ccccc1)c1ccccc1)C2)c1ccc(F)c(Cl)c1.[Br-]. The number of quaternary nitrogens is 1. The minimum Gasteiger partial charge on any atom is -1.00 e. The van der Waals surface area contributed by atoms with E-state index in [0.29, 0.717) is 16.6 Å². The van der Waals surface area contributed by atoms with Gasteiger partial charge in [-0.05, 0) is 35.9 Å². The first-order valence-corrected chi connectivity index (χ1v) is 12.7. The van der Waals surface area contributed by atoms with Crippen LogP contribution < -0.4 is 22.3 Å². The van der Waals surface area contributed by atoms with Crippen molar-refractivity contribution < 1.29 is 40.2 Å². The summed E-state index contributed by atoms with van der Waals surface area (Å²) in [6, 6.07) is 22.6. The molecule has 2 atom stereocenters. The van der Waals surface area contributed by atoms with Crippen LogP contribution in [0.2, 0.25) is 5.02 Å². The van der Waals surface area contributed by atoms with Gasteiger partial charge in [0.25, 0.3) is 0 Å². The van der Waals surface area contributed by atoms with E-state index in [2.05, 4.69) is 5.32 Å². The van der Waals surface area contributed by atoms with Crippen molar-refractivity contribution in [1.29, 1.82) is 0 Å². The Kier molecular flexibility index (Phi) is 8.67. The molecule has 8 heteroatoms. The Morgan fingerprint density at radius 3 is 2.30 bits per heavy atom. The van der Waals surface area contributed by atoms with Gasteiger partial charge >= 0.3 is 5.97 Å². The summed E-state index contributed by atoms with van der Waals surface area (Å²) in [5, 5.41) is 3.27. The second-order valence-electron chi connectivity index (χ2n) is 9.85. The zero-order valence-electron chi connectivity index (χ0n) is 20.3. The van der Waals surface area contributed by atoms with Crippen LogP contribution >= 0.6 is 11.6 Å². The zero-order chi connectivity index (χ0) is 25.1. The Labute approximate surface area is 231 Å². The Morgan fingerprint density at radius 2 is 1.65 bits per heavy atom. The molecule has 194 valence electrons. The number of carbonyl (C=O) groups is 2. The molecule has 0 radical (unpaired) electrons. The molecule has 3 saturated heterocycles. The summed E-state index contributed by atoms with van der Waals surface area (Å²) in [7, 11) is 0. The summed E-state index contributed by atoms with van der Waals surface area (Å²) >= 11 is 5.90. The van der Waals surface area contributed by atoms with Crippen molar-refractivity contribution >= 4 is 29.0 Å². The van der Waals surface area contributed by atoms with Gasteiger partial charge in [-0.25, -0.2) is 9.18 Å². The Balaban J connectivity index is 0.00000320. The van der Waals surface area contributed by atoms with Crippen molar-refractivity contribution in [2.45, 2.75) is 25.0 Å². The van der Waals surface area contributed by atoms with Crippen LogP contribution in [0.5, 0.6) is 0 Å². The van der Waals surface area contributed by atoms with Gasteiger partial charge in [-0.1, -0.05) is 60.1 Å². The lowest BCUT2D eigenvalue weighted by molar-refractivity contribution is -0.938. The number of esters is 1. The molecule has 0 amide bonds. The van der Waals surface area contributed by atoms with Crippen molar-refractivity contribution in [3.05, 3.63) is 101 Å². The van der Waals surface area contributed by atoms with E-state index in [1.54, 1.807) is 0 Å². The fourth-order valence-electron chi connectivity index (χ4n) is 5.48. The third kappa shape index (κ3) is 6.22. The largest absolute Gasteiger partial charge is 1.00 e. The van der Waals surface area contributed by atoms with Crippen LogP contribution in [0.3, 0.4) is 0 Å². The fourth-order valence-corrected chi connectivity index (χ4v) is 5.66. The van der Waals surface area contributed by atoms with E-state index >= 15 is 0 Å². The quantitative estimate of drug-likeness (QED) is 0.250. The van der Waals surface area contributed by atoms with Crippen LogP contribution in [-0.2, 0) is 9.53 Å². The standard InChI is InChI=1S/C29H29ClFN2O3.BrH/c30-24-17-22(11-12-25(24)31)26(34)18-33-15-13-20(14-16-33)27(19-33)36-29(35)28(21-7-3-1-4-8-21)32-23-9-5-2-6-10-23;/h1-12,17,20,27-28,32H,13-16,18-19H2;1H/q+1;/p-1/t20?,27-,28+,33?;/m0./s1. The van der Waals surface area contributed by atoms with E-state index in [-0.39, 0.29) is 52.3 Å². The molecule has 3 heterocycles. The number of nitrogens with zero attached hydrogens (tertiary/aromatic N) is 1. The van der Waals surface area contributed by atoms with Crippen molar-refractivity contribution in [2.75, 3.05) is 31.5 Å². The molecule has 37 heavy (non-hydrogen) atoms. The molecule has 0 unspecified atom stereocenters. The molecule has 3 aromatic rings. The number of hydrogen-bond donors (Lipinski definition) is 1. The van der Waals surface area contributed by atoms with E-state index in [1.807, 2.05) is 60.7 Å². The highest BCUT2D eigenvalue weighted by atomic mass is 79.9. The fraction of sp³-hybridized carbons (Fsp3) is 0.310. The molecule has 1 N–H and O–H groups in total. The van der Waals surface area contributed by atoms with E-state index in [0.717, 1.165) is 37.2 Å². The molecule has 0 aliphatic carbocycles. The highest BCUT2D eigenvalue weighted by molar-refractivity contribution is 6.31. The van der Waals surface area contributed by atoms with Crippen molar-refractivity contribution in [2.24, 2.45) is 5.92 Å². The molecule has 5 nitrogen and oxygen atoms in total. The number of ether oxygens (including phenoxy) is 1. The van der Waals surface area contributed by atoms with Gasteiger partial charge in [0.15, 0.2) is 12.1 Å². The van der Waals surface area contributed by atoms with Gasteiger partial charge in [0.2, 0.25) is 5.78 Å². The predicted octanol–water partition coefficient (Wildman–Crippen LogP) is 2.67. The number of hydrogen-bond acceptors (Lipinski definition) is 4. The molecule has 2 bridgehead atoms. The first kappa shape index (κ1) is 27.3. The summed E-state index contributed by atoms with van der Waals surface area (Å²) in [5.74, 6) is -0.644. The van der Waals surface area contributed by atoms with Crippen LogP contribution in [0, 0.1) is 11.7 Å². The Bertz CT molecular complexity index is 1240. The Morgan fingerprint density at radius 1 is 1.00 bits per heavy atom. The molecule has 3 aromatic carbocycles. The zero-order valence-corrected chi connectivity index (χ0v) is 22.6. The number of halogens is 3. The molecule has 0 aromatic heterocycles. The van der Waals surface area contributed by atoms with Crippen molar-refractivity contribution in [3.63, 3.8) is 0 Å². The first-order valence-electron chi connectivity index (χ1n) is 12.3. The maximum Gasteiger partial charge on any atom is 0.333 e. The van der Waals surface area contributed by atoms with Crippen LogP contribution in [0.25, 0.3) is 0 Å². The number of Topliss-reactive ketones (excluding diaryl/α,β-unsaturated/α-hetero) is 1. The van der Waals surface area contributed by atoms with Crippen LogP contribution in [0.4, 0.5) is 10.1 Å². The molecule has 0 saturated carbocycles. The van der Waals surface area contributed by atoms with Gasteiger partial charge in [-0.2, -0.15) is 0 Å². The predicted molar refractivity (Wildman–Crippen MR) is 137 cm³/mol. The number of nitrogens with one attached hydrogen (secondary N) is 1. The van der Waals surface area contributed by atoms with Gasteiger partial charge in [0, 0.05) is 30.0 Å². The lowest BCUT2D eigenvalue weighted by Gasteiger charge is -2.51. The normalized spacial score (nSPS) is 23.0. The summed E-state index contributed by atoms with van der Waals surface area (Å²) < 4.78 is 20.3. The second-order valence-corrected chi connectivity index (χ2v) is 10.3. The van der Waals surface area contributed by atoms with Crippen LogP contribution in [0.1, 0.15) is 34.8 Å². The lowest BCUT2D eigenvalue weighted by atomic mass is 9.82. The first-order chi connectivity index (χ1) is 17.4. The molecular weight excluding hydrogens is 559 g/mol. The van der Waals surface area contributed by atoms with Gasteiger partial charge in [0.05, 0.1) is 18.1 Å². The number of rotatable bonds is 8. The van der Waals surface area contributed by atoms with Gasteiger partial charge in [-0.15, -0.1) is 0 Å². The van der Waals surface area contributed by atoms with Gasteiger partial charge in [-0.3, -0.25) is 4.79 Å². The summed E-state index contributed by atoms with van der Waals surface area (Å²) in [6.07, 6.45) is 1.54. The summed E-state index contributed by atoms with van der Waals surface area (Å²) in [4.78, 5) is 26.6. The number of piperidine rings is 3.